The molecule has 0 aromatic heterocycles. The molecule has 0 atom stereocenters. The maximum atomic E-state index is 5.77. The first kappa shape index (κ1) is 14.4. The number of ether oxygens (including phenoxy) is 1. The summed E-state index contributed by atoms with van der Waals surface area (Å²) in [5.41, 5.74) is 8.01. The Balaban J connectivity index is 2.77. The second-order valence-electron chi connectivity index (χ2n) is 4.54. The van der Waals surface area contributed by atoms with Gasteiger partial charge < -0.3 is 15.8 Å². The molecule has 0 spiro atoms. The predicted octanol–water partition coefficient (Wildman–Crippen LogP) is 2.21. The number of aliphatic imine (C=N–C) groups is 1. The zero-order valence-corrected chi connectivity index (χ0v) is 11.7. The molecule has 18 heavy (non-hydrogen) atoms. The van der Waals surface area contributed by atoms with Crippen molar-refractivity contribution in [3.63, 3.8) is 0 Å². The molecule has 1 aromatic rings. The van der Waals surface area contributed by atoms with Gasteiger partial charge in [-0.25, -0.2) is 4.99 Å². The summed E-state index contributed by atoms with van der Waals surface area (Å²) < 4.78 is 5.60. The molecule has 100 valence electrons. The van der Waals surface area contributed by atoms with Gasteiger partial charge in [0.05, 0.1) is 13.2 Å². The lowest BCUT2D eigenvalue weighted by Gasteiger charge is -2.11. The number of nitrogens with zero attached hydrogens (tertiary/aromatic N) is 1. The summed E-state index contributed by atoms with van der Waals surface area (Å²) in [6.07, 6.45) is 0. The smallest absolute Gasteiger partial charge is 0.189 e. The van der Waals surface area contributed by atoms with Gasteiger partial charge in [-0.1, -0.05) is 12.1 Å². The molecule has 1 aromatic carbocycles. The van der Waals surface area contributed by atoms with E-state index in [0.29, 0.717) is 19.1 Å². The minimum atomic E-state index is 0.290. The van der Waals surface area contributed by atoms with Crippen molar-refractivity contribution >= 4 is 5.96 Å². The third kappa shape index (κ3) is 4.65. The van der Waals surface area contributed by atoms with Crippen LogP contribution in [0.25, 0.3) is 0 Å². The molecule has 0 aliphatic heterocycles. The summed E-state index contributed by atoms with van der Waals surface area (Å²) in [6, 6.07) is 6.41. The number of aryl methyl sites for hydroxylation is 1. The monoisotopic (exact) mass is 249 g/mol. The van der Waals surface area contributed by atoms with Crippen molar-refractivity contribution in [3.05, 3.63) is 29.3 Å². The first-order valence-corrected chi connectivity index (χ1v) is 6.31. The number of nitrogens with one attached hydrogen (secondary N) is 1. The molecular weight excluding hydrogens is 226 g/mol. The summed E-state index contributed by atoms with van der Waals surface area (Å²) in [4.78, 5) is 4.31. The molecule has 0 aliphatic carbocycles. The number of hydrogen-bond donors (Lipinski definition) is 2. The van der Waals surface area contributed by atoms with E-state index >= 15 is 0 Å². The van der Waals surface area contributed by atoms with Crippen LogP contribution >= 0.6 is 0 Å². The van der Waals surface area contributed by atoms with E-state index in [2.05, 4.69) is 16.4 Å². The van der Waals surface area contributed by atoms with Gasteiger partial charge in [-0.15, -0.1) is 0 Å². The Labute approximate surface area is 109 Å². The first-order valence-electron chi connectivity index (χ1n) is 6.31. The summed E-state index contributed by atoms with van der Waals surface area (Å²) in [7, 11) is 0. The number of guanidine groups is 1. The molecule has 0 bridgehead atoms. The fourth-order valence-corrected chi connectivity index (χ4v) is 1.59. The van der Waals surface area contributed by atoms with Crippen molar-refractivity contribution in [3.8, 4) is 5.75 Å². The third-order valence-electron chi connectivity index (χ3n) is 2.38. The fraction of sp³-hybridized carbons (Fsp3) is 0.500. The Bertz CT molecular complexity index is 414. The average Bonchev–Trinajstić information content (AvgIpc) is 2.27. The third-order valence-corrected chi connectivity index (χ3v) is 2.38. The van der Waals surface area contributed by atoms with E-state index in [4.69, 9.17) is 10.5 Å². The fourth-order valence-electron chi connectivity index (χ4n) is 1.59. The van der Waals surface area contributed by atoms with E-state index in [1.807, 2.05) is 39.8 Å². The van der Waals surface area contributed by atoms with Crippen LogP contribution in [0.4, 0.5) is 0 Å². The van der Waals surface area contributed by atoms with Crippen LogP contribution in [0.1, 0.15) is 31.9 Å². The molecule has 0 saturated heterocycles. The lowest BCUT2D eigenvalue weighted by atomic mass is 10.1. The van der Waals surface area contributed by atoms with E-state index < -0.39 is 0 Å². The molecule has 3 N–H and O–H groups in total. The molecule has 1 rings (SSSR count). The van der Waals surface area contributed by atoms with Crippen LogP contribution in [-0.2, 0) is 6.54 Å². The predicted molar refractivity (Wildman–Crippen MR) is 75.9 cm³/mol. The molecular formula is C14H23N3O. The quantitative estimate of drug-likeness (QED) is 0.621. The topological polar surface area (TPSA) is 59.6 Å². The maximum Gasteiger partial charge on any atom is 0.189 e. The van der Waals surface area contributed by atoms with Crippen LogP contribution in [0.15, 0.2) is 23.2 Å². The number of rotatable bonds is 5. The lowest BCUT2D eigenvalue weighted by molar-refractivity contribution is 0.336. The average molecular weight is 249 g/mol. The van der Waals surface area contributed by atoms with E-state index in [9.17, 15) is 0 Å². The van der Waals surface area contributed by atoms with Gasteiger partial charge in [-0.2, -0.15) is 0 Å². The summed E-state index contributed by atoms with van der Waals surface area (Å²) in [5.74, 6) is 1.35. The van der Waals surface area contributed by atoms with Crippen molar-refractivity contribution < 1.29 is 4.74 Å². The molecule has 0 fully saturated rings. The molecule has 0 saturated carbocycles. The van der Waals surface area contributed by atoms with Crippen molar-refractivity contribution in [1.29, 1.82) is 0 Å². The van der Waals surface area contributed by atoms with Gasteiger partial charge in [-0.05, 0) is 39.3 Å². The minimum Gasteiger partial charge on any atom is -0.494 e. The Kier molecular flexibility index (Phi) is 5.49. The maximum absolute atomic E-state index is 5.77. The molecule has 0 radical (unpaired) electrons. The van der Waals surface area contributed by atoms with Crippen molar-refractivity contribution in [1.82, 2.24) is 5.32 Å². The number of benzene rings is 1. The van der Waals surface area contributed by atoms with Gasteiger partial charge >= 0.3 is 0 Å². The standard InChI is InChI=1S/C14H23N3O/c1-5-18-13-8-11(4)6-7-12(13)9-16-14(15)17-10(2)3/h6-8,10H,5,9H2,1-4H3,(H3,15,16,17). The second kappa shape index (κ2) is 6.89. The van der Waals surface area contributed by atoms with Crippen LogP contribution < -0.4 is 15.8 Å². The molecule has 0 amide bonds. The van der Waals surface area contributed by atoms with Crippen LogP contribution in [0, 0.1) is 6.92 Å². The highest BCUT2D eigenvalue weighted by Crippen LogP contribution is 2.21. The van der Waals surface area contributed by atoms with Crippen LogP contribution in [-0.4, -0.2) is 18.6 Å². The van der Waals surface area contributed by atoms with Crippen molar-refractivity contribution in [2.75, 3.05) is 6.61 Å². The van der Waals surface area contributed by atoms with Gasteiger partial charge in [0.1, 0.15) is 5.75 Å². The summed E-state index contributed by atoms with van der Waals surface area (Å²) in [6.45, 7) is 9.26. The summed E-state index contributed by atoms with van der Waals surface area (Å²) >= 11 is 0. The summed E-state index contributed by atoms with van der Waals surface area (Å²) in [5, 5.41) is 3.06. The minimum absolute atomic E-state index is 0.290. The molecule has 0 heterocycles. The SMILES string of the molecule is CCOc1cc(C)ccc1CN=C(N)NC(C)C. The van der Waals surface area contributed by atoms with Crippen LogP contribution in [0.5, 0.6) is 5.75 Å². The molecule has 0 unspecified atom stereocenters. The Morgan fingerprint density at radius 2 is 2.17 bits per heavy atom. The van der Waals surface area contributed by atoms with Gasteiger partial charge in [0, 0.05) is 11.6 Å². The first-order chi connectivity index (χ1) is 8.52. The van der Waals surface area contributed by atoms with Gasteiger partial charge in [0.2, 0.25) is 0 Å². The zero-order chi connectivity index (χ0) is 13.5. The van der Waals surface area contributed by atoms with E-state index in [1.54, 1.807) is 0 Å². The van der Waals surface area contributed by atoms with Gasteiger partial charge in [-0.3, -0.25) is 0 Å². The van der Waals surface area contributed by atoms with E-state index in [1.165, 1.54) is 5.56 Å². The highest BCUT2D eigenvalue weighted by Gasteiger charge is 2.03. The zero-order valence-electron chi connectivity index (χ0n) is 11.7. The number of nitrogens with two attached hydrogens (primary N) is 1. The lowest BCUT2D eigenvalue weighted by Crippen LogP contribution is -2.36. The molecule has 4 heteroatoms. The van der Waals surface area contributed by atoms with Crippen LogP contribution in [0.2, 0.25) is 0 Å². The highest BCUT2D eigenvalue weighted by atomic mass is 16.5. The van der Waals surface area contributed by atoms with Crippen LogP contribution in [0.3, 0.4) is 0 Å². The Morgan fingerprint density at radius 3 is 2.78 bits per heavy atom. The molecule has 0 aliphatic rings. The normalized spacial score (nSPS) is 11.7. The largest absolute Gasteiger partial charge is 0.494 e. The Hall–Kier alpha value is -1.71. The van der Waals surface area contributed by atoms with Crippen molar-refractivity contribution in [2.24, 2.45) is 10.7 Å². The van der Waals surface area contributed by atoms with E-state index in [0.717, 1.165) is 11.3 Å². The van der Waals surface area contributed by atoms with Crippen molar-refractivity contribution in [2.45, 2.75) is 40.3 Å². The number of hydrogen-bond acceptors (Lipinski definition) is 2. The molecule has 4 nitrogen and oxygen atoms in total. The van der Waals surface area contributed by atoms with Gasteiger partial charge in [0.25, 0.3) is 0 Å². The highest BCUT2D eigenvalue weighted by molar-refractivity contribution is 5.78. The van der Waals surface area contributed by atoms with E-state index in [-0.39, 0.29) is 6.04 Å². The Morgan fingerprint density at radius 1 is 1.44 bits per heavy atom. The second-order valence-corrected chi connectivity index (χ2v) is 4.54. The van der Waals surface area contributed by atoms with Gasteiger partial charge in [0.15, 0.2) is 5.96 Å².